The van der Waals surface area contributed by atoms with Gasteiger partial charge < -0.3 is 28.6 Å². The zero-order chi connectivity index (χ0) is 32.0. The number of nitrogens with zero attached hydrogens (tertiary/aromatic N) is 6. The molecule has 0 unspecified atom stereocenters. The van der Waals surface area contributed by atoms with Gasteiger partial charge in [0.15, 0.2) is 24.0 Å². The summed E-state index contributed by atoms with van der Waals surface area (Å²) in [4.78, 5) is 77.7. The van der Waals surface area contributed by atoms with Crippen molar-refractivity contribution in [3.63, 3.8) is 0 Å². The lowest BCUT2D eigenvalue weighted by Crippen LogP contribution is -2.50. The summed E-state index contributed by atoms with van der Waals surface area (Å²) < 4.78 is 23.3. The first-order chi connectivity index (χ1) is 20.2. The van der Waals surface area contributed by atoms with Gasteiger partial charge in [-0.2, -0.15) is 0 Å². The second-order valence-corrected chi connectivity index (χ2v) is 9.53. The van der Waals surface area contributed by atoms with Gasteiger partial charge in [0, 0.05) is 27.7 Å². The third-order valence-corrected chi connectivity index (χ3v) is 6.07. The Labute approximate surface area is 243 Å². The predicted octanol–water partition coefficient (Wildman–Crippen LogP) is 0.110. The Balaban J connectivity index is 2.28. The molecule has 230 valence electrons. The van der Waals surface area contributed by atoms with Crippen LogP contribution in [0, 0.1) is 13.8 Å². The maximum absolute atomic E-state index is 14.0. The molecule has 0 bridgehead atoms. The van der Waals surface area contributed by atoms with E-state index in [0.717, 1.165) is 43.5 Å². The molecule has 0 aliphatic heterocycles. The number of hydrogen-bond donors (Lipinski definition) is 1. The molecule has 17 heteroatoms. The van der Waals surface area contributed by atoms with Gasteiger partial charge in [0.05, 0.1) is 17.6 Å². The summed E-state index contributed by atoms with van der Waals surface area (Å²) in [5.74, 6) is -4.75. The molecule has 43 heavy (non-hydrogen) atoms. The molecule has 17 nitrogen and oxygen atoms in total. The third-order valence-electron chi connectivity index (χ3n) is 6.07. The molecule has 2 aromatic heterocycles. The van der Waals surface area contributed by atoms with E-state index < -0.39 is 73.4 Å². The molecule has 1 aromatic carbocycles. The number of rotatable bonds is 12. The minimum absolute atomic E-state index is 0.241. The average Bonchev–Trinajstić information content (AvgIpc) is 3.33. The van der Waals surface area contributed by atoms with E-state index in [1.807, 2.05) is 6.92 Å². The number of esters is 4. The molecular weight excluding hydrogens is 572 g/mol. The van der Waals surface area contributed by atoms with Gasteiger partial charge in [0.25, 0.3) is 5.56 Å². The molecule has 0 fully saturated rings. The van der Waals surface area contributed by atoms with Crippen molar-refractivity contribution in [2.75, 3.05) is 6.61 Å². The largest absolute Gasteiger partial charge is 0.480 e. The lowest BCUT2D eigenvalue weighted by molar-refractivity contribution is -0.190. The SMILES string of the molecule is CC(=O)OC[C@@H](OC(C)=O)[C@@H](OC(C)=O)[C@H](Cn1c(=O)c(-c2nnnn2CC(=O)O)nc2cc(C)c(C)cc21)OC(C)=O. The van der Waals surface area contributed by atoms with Gasteiger partial charge in [-0.25, -0.2) is 9.67 Å². The molecule has 3 atom stereocenters. The third kappa shape index (κ3) is 8.17. The van der Waals surface area contributed by atoms with Crippen LogP contribution in [0.3, 0.4) is 0 Å². The van der Waals surface area contributed by atoms with Gasteiger partial charge in [-0.15, -0.1) is 5.10 Å². The predicted molar refractivity (Wildman–Crippen MR) is 143 cm³/mol. The highest BCUT2D eigenvalue weighted by atomic mass is 16.6. The first-order valence-electron chi connectivity index (χ1n) is 12.8. The fourth-order valence-corrected chi connectivity index (χ4v) is 4.23. The maximum Gasteiger partial charge on any atom is 0.325 e. The van der Waals surface area contributed by atoms with Crippen molar-refractivity contribution >= 4 is 40.9 Å². The molecule has 0 spiro atoms. The van der Waals surface area contributed by atoms with Crippen molar-refractivity contribution < 1.29 is 48.0 Å². The monoisotopic (exact) mass is 602 g/mol. The van der Waals surface area contributed by atoms with Crippen molar-refractivity contribution in [2.45, 2.75) is 72.9 Å². The number of aliphatic carboxylic acids is 1. The van der Waals surface area contributed by atoms with E-state index in [4.69, 9.17) is 18.9 Å². The van der Waals surface area contributed by atoms with Crippen LogP contribution in [0.2, 0.25) is 0 Å². The number of carbonyl (C=O) groups excluding carboxylic acids is 4. The normalized spacial score (nSPS) is 13.1. The fraction of sp³-hybridized carbons (Fsp3) is 0.462. The minimum atomic E-state index is -1.55. The summed E-state index contributed by atoms with van der Waals surface area (Å²) in [6, 6.07) is 3.35. The van der Waals surface area contributed by atoms with Crippen LogP contribution in [-0.4, -0.2) is 89.6 Å². The lowest BCUT2D eigenvalue weighted by Gasteiger charge is -2.32. The Morgan fingerprint density at radius 1 is 0.884 bits per heavy atom. The van der Waals surface area contributed by atoms with Gasteiger partial charge in [-0.3, -0.25) is 28.8 Å². The quantitative estimate of drug-likeness (QED) is 0.215. The summed E-state index contributed by atoms with van der Waals surface area (Å²) in [6.45, 7) is 6.23. The number of tetrazole rings is 1. The second-order valence-electron chi connectivity index (χ2n) is 9.53. The summed E-state index contributed by atoms with van der Waals surface area (Å²) in [6.07, 6.45) is -4.47. The van der Waals surface area contributed by atoms with Crippen molar-refractivity contribution in [2.24, 2.45) is 0 Å². The number of ether oxygens (including phenoxy) is 4. The number of hydrogen-bond acceptors (Lipinski definition) is 14. The topological polar surface area (TPSA) is 221 Å². The van der Waals surface area contributed by atoms with E-state index in [0.29, 0.717) is 0 Å². The summed E-state index contributed by atoms with van der Waals surface area (Å²) in [7, 11) is 0. The minimum Gasteiger partial charge on any atom is -0.480 e. The Hall–Kier alpha value is -5.22. The molecule has 3 rings (SSSR count). The molecule has 0 aliphatic carbocycles. The molecule has 0 saturated carbocycles. The van der Waals surface area contributed by atoms with Crippen molar-refractivity contribution in [1.82, 2.24) is 29.8 Å². The first kappa shape index (κ1) is 32.3. The number of carbonyl (C=O) groups is 5. The summed E-state index contributed by atoms with van der Waals surface area (Å²) in [5.41, 5.74) is 1.02. The zero-order valence-electron chi connectivity index (χ0n) is 24.2. The van der Waals surface area contributed by atoms with Crippen molar-refractivity contribution in [1.29, 1.82) is 0 Å². The molecule has 0 saturated heterocycles. The average molecular weight is 603 g/mol. The van der Waals surface area contributed by atoms with E-state index in [2.05, 4.69) is 20.5 Å². The molecule has 1 N–H and O–H groups in total. The Kier molecular flexibility index (Phi) is 10.2. The van der Waals surface area contributed by atoms with Crippen molar-refractivity contribution in [3.05, 3.63) is 33.6 Å². The van der Waals surface area contributed by atoms with Gasteiger partial charge in [-0.1, -0.05) is 0 Å². The van der Waals surface area contributed by atoms with Gasteiger partial charge in [-0.05, 0) is 47.5 Å². The smallest absolute Gasteiger partial charge is 0.325 e. The Morgan fingerprint density at radius 3 is 2.07 bits per heavy atom. The standard InChI is InChI=1S/C26H30N6O11/c1-12-7-18-19(8-13(12)2)31(26(39)23(27-18)25-28-29-30-32(25)10-22(37)38)9-20(41-15(4)34)24(43-17(6)36)21(42-16(5)35)11-40-14(3)33/h7-8,20-21,24H,9-11H2,1-6H3,(H,37,38)/t20-,21+,24-/m0/s1. The molecular formula is C26H30N6O11. The summed E-state index contributed by atoms with van der Waals surface area (Å²) in [5, 5.41) is 20.2. The molecule has 0 aliphatic rings. The van der Waals surface area contributed by atoms with Gasteiger partial charge in [0.2, 0.25) is 5.82 Å². The number of aryl methyl sites for hydroxylation is 2. The van der Waals surface area contributed by atoms with Crippen LogP contribution < -0.4 is 5.56 Å². The van der Waals surface area contributed by atoms with Crippen LogP contribution in [0.5, 0.6) is 0 Å². The van der Waals surface area contributed by atoms with E-state index in [-0.39, 0.29) is 22.6 Å². The van der Waals surface area contributed by atoms with Gasteiger partial charge >= 0.3 is 29.8 Å². The fourth-order valence-electron chi connectivity index (χ4n) is 4.23. The number of carboxylic acids is 1. The van der Waals surface area contributed by atoms with Crippen LogP contribution in [0.4, 0.5) is 0 Å². The Bertz CT molecular complexity index is 1630. The zero-order valence-corrected chi connectivity index (χ0v) is 24.2. The molecule has 3 aromatic rings. The highest BCUT2D eigenvalue weighted by Crippen LogP contribution is 2.23. The van der Waals surface area contributed by atoms with Crippen molar-refractivity contribution in [3.8, 4) is 11.5 Å². The molecule has 2 heterocycles. The number of benzene rings is 1. The second kappa shape index (κ2) is 13.6. The highest BCUT2D eigenvalue weighted by Gasteiger charge is 2.39. The Morgan fingerprint density at radius 2 is 1.49 bits per heavy atom. The summed E-state index contributed by atoms with van der Waals surface area (Å²) >= 11 is 0. The van der Waals surface area contributed by atoms with E-state index in [9.17, 15) is 33.9 Å². The van der Waals surface area contributed by atoms with Crippen LogP contribution in [-0.2, 0) is 56.0 Å². The van der Waals surface area contributed by atoms with E-state index in [1.165, 1.54) is 4.57 Å². The molecule has 0 amide bonds. The maximum atomic E-state index is 14.0. The van der Waals surface area contributed by atoms with Crippen LogP contribution >= 0.6 is 0 Å². The highest BCUT2D eigenvalue weighted by molar-refractivity contribution is 5.79. The van der Waals surface area contributed by atoms with Crippen LogP contribution in [0.15, 0.2) is 16.9 Å². The molecule has 0 radical (unpaired) electrons. The number of aromatic nitrogens is 6. The van der Waals surface area contributed by atoms with E-state index in [1.54, 1.807) is 19.1 Å². The van der Waals surface area contributed by atoms with Gasteiger partial charge in [0.1, 0.15) is 13.2 Å². The number of fused-ring (bicyclic) bond motifs is 1. The number of carboxylic acid groups (broad SMARTS) is 1. The van der Waals surface area contributed by atoms with Crippen LogP contribution in [0.1, 0.15) is 38.8 Å². The lowest BCUT2D eigenvalue weighted by atomic mass is 10.1. The van der Waals surface area contributed by atoms with Crippen LogP contribution in [0.25, 0.3) is 22.6 Å². The first-order valence-corrected chi connectivity index (χ1v) is 12.8. The van der Waals surface area contributed by atoms with E-state index >= 15 is 0 Å².